The lowest BCUT2D eigenvalue weighted by atomic mass is 9.95. The van der Waals surface area contributed by atoms with E-state index in [2.05, 4.69) is 4.99 Å². The molecule has 0 aliphatic heterocycles. The summed E-state index contributed by atoms with van der Waals surface area (Å²) >= 11 is 0.473. The summed E-state index contributed by atoms with van der Waals surface area (Å²) < 4.78 is 24.3. The average molecular weight is 243 g/mol. The van der Waals surface area contributed by atoms with Gasteiger partial charge < -0.3 is 0 Å². The van der Waals surface area contributed by atoms with Crippen LogP contribution in [0.1, 0.15) is 19.4 Å². The molecule has 5 heteroatoms. The molecule has 0 fully saturated rings. The van der Waals surface area contributed by atoms with Gasteiger partial charge in [0, 0.05) is 4.90 Å². The normalized spacial score (nSPS) is 11.3. The molecule has 0 radical (unpaired) electrons. The zero-order chi connectivity index (χ0) is 12.2. The summed E-state index contributed by atoms with van der Waals surface area (Å²) in [5, 5.41) is 0. The van der Waals surface area contributed by atoms with Crippen molar-refractivity contribution < 1.29 is 13.6 Å². The molecule has 0 unspecified atom stereocenters. The first-order valence-electron chi connectivity index (χ1n) is 4.60. The molecule has 0 spiro atoms. The van der Waals surface area contributed by atoms with Gasteiger partial charge in [0.25, 0.3) is 5.76 Å². The molecule has 86 valence electrons. The van der Waals surface area contributed by atoms with Crippen LogP contribution in [0.4, 0.5) is 8.78 Å². The highest BCUT2D eigenvalue weighted by Gasteiger charge is 2.20. The summed E-state index contributed by atoms with van der Waals surface area (Å²) in [4.78, 5) is 14.3. The molecule has 0 bridgehead atoms. The minimum Gasteiger partial charge on any atom is -0.211 e. The highest BCUT2D eigenvalue weighted by molar-refractivity contribution is 7.99. The number of hydrogen-bond acceptors (Lipinski definition) is 3. The molecule has 0 amide bonds. The minimum absolute atomic E-state index is 0.460. The Morgan fingerprint density at radius 2 is 2.12 bits per heavy atom. The molecule has 16 heavy (non-hydrogen) atoms. The summed E-state index contributed by atoms with van der Waals surface area (Å²) in [7, 11) is 0. The molecular weight excluding hydrogens is 232 g/mol. The van der Waals surface area contributed by atoms with Crippen LogP contribution in [-0.2, 0) is 10.3 Å². The Bertz CT molecular complexity index is 414. The standard InChI is InChI=1S/C11H11F2NOS/c1-11(2,14-7-15)8-4-3-5-9(6-8)16-10(12)13/h3-6,10H,1-2H3. The van der Waals surface area contributed by atoms with E-state index in [0.717, 1.165) is 0 Å². The van der Waals surface area contributed by atoms with Crippen molar-refractivity contribution in [3.05, 3.63) is 29.8 Å². The largest absolute Gasteiger partial charge is 0.288 e. The van der Waals surface area contributed by atoms with E-state index in [1.54, 1.807) is 38.1 Å². The van der Waals surface area contributed by atoms with E-state index in [0.29, 0.717) is 22.2 Å². The molecular formula is C11H11F2NOS. The topological polar surface area (TPSA) is 29.4 Å². The fourth-order valence-electron chi connectivity index (χ4n) is 1.23. The second-order valence-corrected chi connectivity index (χ2v) is 4.73. The summed E-state index contributed by atoms with van der Waals surface area (Å²) in [6.45, 7) is 3.45. The maximum atomic E-state index is 12.2. The number of rotatable bonds is 4. The molecule has 1 aromatic carbocycles. The molecule has 0 aliphatic rings. The molecule has 0 saturated carbocycles. The molecule has 1 aromatic rings. The SMILES string of the molecule is CC(C)(N=C=O)c1cccc(SC(F)F)c1. The minimum atomic E-state index is -2.45. The van der Waals surface area contributed by atoms with Crippen molar-refractivity contribution in [2.75, 3.05) is 0 Å². The molecule has 2 nitrogen and oxygen atoms in total. The van der Waals surface area contributed by atoms with Crippen LogP contribution < -0.4 is 0 Å². The molecule has 1 rings (SSSR count). The van der Waals surface area contributed by atoms with Gasteiger partial charge in [-0.2, -0.15) is 13.8 Å². The first-order chi connectivity index (χ1) is 7.45. The Hall–Kier alpha value is -1.19. The van der Waals surface area contributed by atoms with Crippen molar-refractivity contribution >= 4 is 17.8 Å². The van der Waals surface area contributed by atoms with E-state index < -0.39 is 11.3 Å². The summed E-state index contributed by atoms with van der Waals surface area (Å²) in [6.07, 6.45) is 1.49. The number of halogens is 2. The van der Waals surface area contributed by atoms with Crippen LogP contribution in [0.5, 0.6) is 0 Å². The van der Waals surface area contributed by atoms with Crippen molar-refractivity contribution in [1.29, 1.82) is 0 Å². The predicted molar refractivity (Wildman–Crippen MR) is 59.5 cm³/mol. The number of hydrogen-bond donors (Lipinski definition) is 0. The van der Waals surface area contributed by atoms with E-state index in [-0.39, 0.29) is 0 Å². The van der Waals surface area contributed by atoms with Gasteiger partial charge in [-0.25, -0.2) is 4.79 Å². The fourth-order valence-corrected chi connectivity index (χ4v) is 1.79. The Kier molecular flexibility index (Phi) is 4.21. The van der Waals surface area contributed by atoms with Crippen LogP contribution in [0.15, 0.2) is 34.2 Å². The number of alkyl halides is 2. The van der Waals surface area contributed by atoms with Crippen LogP contribution in [-0.4, -0.2) is 11.8 Å². The highest BCUT2D eigenvalue weighted by Crippen LogP contribution is 2.30. The average Bonchev–Trinajstić information content (AvgIpc) is 2.17. The van der Waals surface area contributed by atoms with Gasteiger partial charge in [0.05, 0.1) is 5.54 Å². The van der Waals surface area contributed by atoms with Crippen molar-refractivity contribution in [1.82, 2.24) is 0 Å². The van der Waals surface area contributed by atoms with Crippen LogP contribution >= 0.6 is 11.8 Å². The molecule has 0 heterocycles. The molecule has 0 N–H and O–H groups in total. The third kappa shape index (κ3) is 3.43. The third-order valence-electron chi connectivity index (χ3n) is 2.09. The van der Waals surface area contributed by atoms with Gasteiger partial charge in [-0.15, -0.1) is 0 Å². The van der Waals surface area contributed by atoms with E-state index in [1.807, 2.05) is 0 Å². The van der Waals surface area contributed by atoms with Gasteiger partial charge in [-0.3, -0.25) is 0 Å². The molecule has 0 aromatic heterocycles. The number of thioether (sulfide) groups is 1. The highest BCUT2D eigenvalue weighted by atomic mass is 32.2. The zero-order valence-corrected chi connectivity index (χ0v) is 9.72. The van der Waals surface area contributed by atoms with E-state index >= 15 is 0 Å². The zero-order valence-electron chi connectivity index (χ0n) is 8.91. The summed E-state index contributed by atoms with van der Waals surface area (Å²) in [6, 6.07) is 6.62. The van der Waals surface area contributed by atoms with E-state index in [1.165, 1.54) is 6.08 Å². The Morgan fingerprint density at radius 1 is 1.44 bits per heavy atom. The third-order valence-corrected chi connectivity index (χ3v) is 2.80. The van der Waals surface area contributed by atoms with Gasteiger partial charge in [0.15, 0.2) is 0 Å². The predicted octanol–water partition coefficient (Wildman–Crippen LogP) is 3.57. The second-order valence-electron chi connectivity index (χ2n) is 3.67. The lowest BCUT2D eigenvalue weighted by Crippen LogP contribution is -2.13. The van der Waals surface area contributed by atoms with Gasteiger partial charge in [-0.1, -0.05) is 23.9 Å². The van der Waals surface area contributed by atoms with Crippen molar-refractivity contribution in [2.45, 2.75) is 30.0 Å². The monoisotopic (exact) mass is 243 g/mol. The number of nitrogens with zero attached hydrogens (tertiary/aromatic N) is 1. The molecule has 0 aliphatic carbocycles. The maximum absolute atomic E-state index is 12.2. The fraction of sp³-hybridized carbons (Fsp3) is 0.364. The lowest BCUT2D eigenvalue weighted by Gasteiger charge is -2.18. The summed E-state index contributed by atoms with van der Waals surface area (Å²) in [5.74, 6) is -2.45. The smallest absolute Gasteiger partial charge is 0.211 e. The Morgan fingerprint density at radius 3 is 2.69 bits per heavy atom. The van der Waals surface area contributed by atoms with Gasteiger partial charge in [-0.05, 0) is 31.5 Å². The van der Waals surface area contributed by atoms with Crippen molar-refractivity contribution in [3.8, 4) is 0 Å². The Labute approximate surface area is 96.8 Å². The Balaban J connectivity index is 3.02. The lowest BCUT2D eigenvalue weighted by molar-refractivity contribution is 0.252. The van der Waals surface area contributed by atoms with Crippen molar-refractivity contribution in [2.24, 2.45) is 4.99 Å². The molecule has 0 atom stereocenters. The number of carbonyl (C=O) groups excluding carboxylic acids is 1. The molecule has 0 saturated heterocycles. The van der Waals surface area contributed by atoms with Crippen LogP contribution in [0.2, 0.25) is 0 Å². The first kappa shape index (κ1) is 12.9. The van der Waals surface area contributed by atoms with Crippen LogP contribution in [0.25, 0.3) is 0 Å². The van der Waals surface area contributed by atoms with Crippen LogP contribution in [0, 0.1) is 0 Å². The van der Waals surface area contributed by atoms with Crippen molar-refractivity contribution in [3.63, 3.8) is 0 Å². The van der Waals surface area contributed by atoms with E-state index in [9.17, 15) is 13.6 Å². The maximum Gasteiger partial charge on any atom is 0.288 e. The van der Waals surface area contributed by atoms with E-state index in [4.69, 9.17) is 0 Å². The second kappa shape index (κ2) is 5.23. The number of isocyanates is 1. The quantitative estimate of drug-likeness (QED) is 0.459. The first-order valence-corrected chi connectivity index (χ1v) is 5.48. The summed E-state index contributed by atoms with van der Waals surface area (Å²) in [5.41, 5.74) is -0.0260. The number of aliphatic imine (C=N–C) groups is 1. The van der Waals surface area contributed by atoms with Gasteiger partial charge in [0.2, 0.25) is 6.08 Å². The number of benzene rings is 1. The van der Waals surface area contributed by atoms with Crippen LogP contribution in [0.3, 0.4) is 0 Å². The van der Waals surface area contributed by atoms with Gasteiger partial charge in [0.1, 0.15) is 0 Å². The van der Waals surface area contributed by atoms with Gasteiger partial charge >= 0.3 is 0 Å².